The highest BCUT2D eigenvalue weighted by Gasteiger charge is 2.15. The Hall–Kier alpha value is -1.86. The largest absolute Gasteiger partial charge is 0.342 e. The Morgan fingerprint density at radius 2 is 2.04 bits per heavy atom. The summed E-state index contributed by atoms with van der Waals surface area (Å²) in [4.78, 5) is 30.5. The smallest absolute Gasteiger partial charge is 0.257 e. The molecule has 1 aromatic carbocycles. The van der Waals surface area contributed by atoms with Crippen LogP contribution in [0.1, 0.15) is 33.3 Å². The third-order valence-corrected chi connectivity index (χ3v) is 5.64. The Morgan fingerprint density at radius 3 is 2.65 bits per heavy atom. The van der Waals surface area contributed by atoms with E-state index in [1.54, 1.807) is 48.0 Å². The van der Waals surface area contributed by atoms with Gasteiger partial charge in [0.1, 0.15) is 0 Å². The first kappa shape index (κ1) is 17.5. The standard InChI is InChI=1S/C16H19N3O2S2/c1-5-19(3)14(21)12-8-6-7-11(9-12)13(20)18-16-17-10(2)15(22-4)23-16/h6-9H,5H2,1-4H3,(H,17,18,20). The fourth-order valence-electron chi connectivity index (χ4n) is 1.95. The summed E-state index contributed by atoms with van der Waals surface area (Å²) in [6.45, 7) is 4.44. The Balaban J connectivity index is 2.17. The van der Waals surface area contributed by atoms with Gasteiger partial charge >= 0.3 is 0 Å². The topological polar surface area (TPSA) is 62.3 Å². The van der Waals surface area contributed by atoms with Crippen molar-refractivity contribution >= 4 is 40.0 Å². The molecule has 0 atom stereocenters. The van der Waals surface area contributed by atoms with E-state index >= 15 is 0 Å². The third kappa shape index (κ3) is 4.11. The number of nitrogens with one attached hydrogen (secondary N) is 1. The minimum atomic E-state index is -0.264. The van der Waals surface area contributed by atoms with Crippen molar-refractivity contribution in [2.24, 2.45) is 0 Å². The lowest BCUT2D eigenvalue weighted by atomic mass is 10.1. The second kappa shape index (κ2) is 7.61. The lowest BCUT2D eigenvalue weighted by molar-refractivity contribution is 0.0802. The molecule has 2 amide bonds. The van der Waals surface area contributed by atoms with E-state index in [0.717, 1.165) is 9.90 Å². The SMILES string of the molecule is CCN(C)C(=O)c1cccc(C(=O)Nc2nc(C)c(SC)s2)c1. The zero-order valence-corrected chi connectivity index (χ0v) is 15.2. The summed E-state index contributed by atoms with van der Waals surface area (Å²) in [7, 11) is 1.73. The first-order chi connectivity index (χ1) is 11.0. The first-order valence-corrected chi connectivity index (χ1v) is 9.18. The van der Waals surface area contributed by atoms with Crippen LogP contribution in [0.5, 0.6) is 0 Å². The Morgan fingerprint density at radius 1 is 1.35 bits per heavy atom. The van der Waals surface area contributed by atoms with E-state index in [1.807, 2.05) is 20.1 Å². The fourth-order valence-corrected chi connectivity index (χ4v) is 3.56. The van der Waals surface area contributed by atoms with E-state index in [9.17, 15) is 9.59 Å². The number of thioether (sulfide) groups is 1. The maximum absolute atomic E-state index is 12.4. The summed E-state index contributed by atoms with van der Waals surface area (Å²) in [5.41, 5.74) is 1.85. The Bertz CT molecular complexity index is 728. The zero-order valence-electron chi connectivity index (χ0n) is 13.5. The highest BCUT2D eigenvalue weighted by molar-refractivity contribution is 8.00. The van der Waals surface area contributed by atoms with E-state index in [2.05, 4.69) is 10.3 Å². The molecule has 0 unspecified atom stereocenters. The number of hydrogen-bond donors (Lipinski definition) is 1. The number of amides is 2. The normalized spacial score (nSPS) is 10.4. The van der Waals surface area contributed by atoms with Crippen molar-refractivity contribution in [2.45, 2.75) is 18.1 Å². The average molecular weight is 349 g/mol. The molecule has 5 nitrogen and oxygen atoms in total. The minimum Gasteiger partial charge on any atom is -0.342 e. The predicted molar refractivity (Wildman–Crippen MR) is 95.7 cm³/mol. The highest BCUT2D eigenvalue weighted by atomic mass is 32.2. The van der Waals surface area contributed by atoms with Crippen LogP contribution in [-0.2, 0) is 0 Å². The fraction of sp³-hybridized carbons (Fsp3) is 0.312. The average Bonchev–Trinajstić information content (AvgIpc) is 2.92. The number of anilines is 1. The van der Waals surface area contributed by atoms with Crippen molar-refractivity contribution in [3.63, 3.8) is 0 Å². The molecule has 0 bridgehead atoms. The summed E-state index contributed by atoms with van der Waals surface area (Å²) in [6.07, 6.45) is 1.98. The zero-order chi connectivity index (χ0) is 17.0. The summed E-state index contributed by atoms with van der Waals surface area (Å²) in [6, 6.07) is 6.73. The van der Waals surface area contributed by atoms with Crippen LogP contribution in [-0.4, -0.2) is 41.5 Å². The molecule has 0 spiro atoms. The van der Waals surface area contributed by atoms with E-state index in [4.69, 9.17) is 0 Å². The summed E-state index contributed by atoms with van der Waals surface area (Å²) >= 11 is 3.05. The first-order valence-electron chi connectivity index (χ1n) is 7.14. The van der Waals surface area contributed by atoms with Crippen molar-refractivity contribution in [3.8, 4) is 0 Å². The molecule has 7 heteroatoms. The molecule has 0 saturated heterocycles. The van der Waals surface area contributed by atoms with Crippen LogP contribution in [0.15, 0.2) is 28.5 Å². The molecule has 0 fully saturated rings. The lowest BCUT2D eigenvalue weighted by Gasteiger charge is -2.14. The molecule has 2 rings (SSSR count). The summed E-state index contributed by atoms with van der Waals surface area (Å²) in [5.74, 6) is -0.364. The summed E-state index contributed by atoms with van der Waals surface area (Å²) < 4.78 is 1.08. The van der Waals surface area contributed by atoms with Crippen LogP contribution in [0.2, 0.25) is 0 Å². The summed E-state index contributed by atoms with van der Waals surface area (Å²) in [5, 5.41) is 3.36. The van der Waals surface area contributed by atoms with Crippen molar-refractivity contribution in [1.82, 2.24) is 9.88 Å². The number of aromatic nitrogens is 1. The van der Waals surface area contributed by atoms with Crippen molar-refractivity contribution in [3.05, 3.63) is 41.1 Å². The van der Waals surface area contributed by atoms with Gasteiger partial charge in [-0.1, -0.05) is 17.4 Å². The van der Waals surface area contributed by atoms with Gasteiger partial charge in [-0.2, -0.15) is 0 Å². The predicted octanol–water partition coefficient (Wildman–Crippen LogP) is 3.52. The van der Waals surface area contributed by atoms with E-state index in [-0.39, 0.29) is 11.8 Å². The van der Waals surface area contributed by atoms with Gasteiger partial charge in [-0.3, -0.25) is 14.9 Å². The Labute approximate surface area is 144 Å². The van der Waals surface area contributed by atoms with E-state index < -0.39 is 0 Å². The van der Waals surface area contributed by atoms with Gasteiger partial charge in [0.25, 0.3) is 11.8 Å². The molecule has 0 saturated carbocycles. The van der Waals surface area contributed by atoms with Gasteiger partial charge in [-0.25, -0.2) is 4.98 Å². The molecule has 1 N–H and O–H groups in total. The number of benzene rings is 1. The van der Waals surface area contributed by atoms with Crippen LogP contribution in [0.25, 0.3) is 0 Å². The number of hydrogen-bond acceptors (Lipinski definition) is 5. The number of aryl methyl sites for hydroxylation is 1. The van der Waals surface area contributed by atoms with Gasteiger partial charge in [0.2, 0.25) is 0 Å². The van der Waals surface area contributed by atoms with Gasteiger partial charge in [0.05, 0.1) is 9.90 Å². The van der Waals surface area contributed by atoms with Gasteiger partial charge in [-0.15, -0.1) is 11.8 Å². The van der Waals surface area contributed by atoms with Crippen LogP contribution in [0, 0.1) is 6.92 Å². The Kier molecular flexibility index (Phi) is 5.79. The quantitative estimate of drug-likeness (QED) is 0.839. The second-order valence-corrected chi connectivity index (χ2v) is 7.02. The number of nitrogens with zero attached hydrogens (tertiary/aromatic N) is 2. The molecular weight excluding hydrogens is 330 g/mol. The van der Waals surface area contributed by atoms with Gasteiger partial charge in [0.15, 0.2) is 5.13 Å². The number of thiazole rings is 1. The molecular formula is C16H19N3O2S2. The molecule has 2 aromatic rings. The molecule has 1 aromatic heterocycles. The van der Waals surface area contributed by atoms with Crippen molar-refractivity contribution < 1.29 is 9.59 Å². The molecule has 1 heterocycles. The minimum absolute atomic E-state index is 0.100. The van der Waals surface area contributed by atoms with Crippen LogP contribution >= 0.6 is 23.1 Å². The molecule has 23 heavy (non-hydrogen) atoms. The maximum atomic E-state index is 12.4. The van der Waals surface area contributed by atoms with Gasteiger partial charge in [0, 0.05) is 24.7 Å². The third-order valence-electron chi connectivity index (χ3n) is 3.35. The molecule has 0 radical (unpaired) electrons. The molecule has 122 valence electrons. The molecule has 0 aliphatic rings. The molecule has 0 aliphatic heterocycles. The molecule has 0 aliphatic carbocycles. The van der Waals surface area contributed by atoms with Gasteiger partial charge in [-0.05, 0) is 38.3 Å². The second-order valence-electron chi connectivity index (χ2n) is 4.95. The van der Waals surface area contributed by atoms with Crippen molar-refractivity contribution in [1.29, 1.82) is 0 Å². The van der Waals surface area contributed by atoms with Crippen LogP contribution in [0.3, 0.4) is 0 Å². The monoisotopic (exact) mass is 349 g/mol. The number of carbonyl (C=O) groups excluding carboxylic acids is 2. The highest BCUT2D eigenvalue weighted by Crippen LogP contribution is 2.30. The van der Waals surface area contributed by atoms with Gasteiger partial charge < -0.3 is 4.90 Å². The lowest BCUT2D eigenvalue weighted by Crippen LogP contribution is -2.26. The van der Waals surface area contributed by atoms with Crippen molar-refractivity contribution in [2.75, 3.05) is 25.2 Å². The maximum Gasteiger partial charge on any atom is 0.257 e. The van der Waals surface area contributed by atoms with Crippen LogP contribution in [0.4, 0.5) is 5.13 Å². The number of rotatable bonds is 5. The van der Waals surface area contributed by atoms with E-state index in [0.29, 0.717) is 22.8 Å². The number of carbonyl (C=O) groups is 2. The van der Waals surface area contributed by atoms with E-state index in [1.165, 1.54) is 11.3 Å². The van der Waals surface area contributed by atoms with Crippen LogP contribution < -0.4 is 5.32 Å².